The summed E-state index contributed by atoms with van der Waals surface area (Å²) in [6.45, 7) is 9.28. The van der Waals surface area contributed by atoms with Crippen molar-refractivity contribution in [2.75, 3.05) is 52.5 Å². The second-order valence-corrected chi connectivity index (χ2v) is 4.11. The van der Waals surface area contributed by atoms with Gasteiger partial charge in [0.15, 0.2) is 0 Å². The number of hydrogen-bond acceptors (Lipinski definition) is 4. The van der Waals surface area contributed by atoms with E-state index in [0.717, 1.165) is 52.4 Å². The maximum absolute atomic E-state index is 9.01. The molecule has 15 heavy (non-hydrogen) atoms. The fourth-order valence-corrected chi connectivity index (χ4v) is 1.71. The summed E-state index contributed by atoms with van der Waals surface area (Å²) in [5, 5.41) is 12.4. The van der Waals surface area contributed by atoms with Gasteiger partial charge in [-0.2, -0.15) is 0 Å². The summed E-state index contributed by atoms with van der Waals surface area (Å²) in [6, 6.07) is 0. The zero-order chi connectivity index (χ0) is 10.9. The van der Waals surface area contributed by atoms with E-state index in [4.69, 9.17) is 9.84 Å². The Kier molecular flexibility index (Phi) is 6.92. The molecule has 0 aromatic rings. The van der Waals surface area contributed by atoms with Crippen LogP contribution in [0.3, 0.4) is 0 Å². The minimum absolute atomic E-state index is 0.293. The normalized spacial score (nSPS) is 20.4. The molecule has 0 aromatic heterocycles. The summed E-state index contributed by atoms with van der Waals surface area (Å²) in [5.41, 5.74) is 0. The Bertz CT molecular complexity index is 146. The van der Waals surface area contributed by atoms with Crippen LogP contribution < -0.4 is 5.32 Å². The van der Waals surface area contributed by atoms with Gasteiger partial charge in [-0.05, 0) is 12.3 Å². The molecule has 2 N–H and O–H groups in total. The number of hydrogen-bond donors (Lipinski definition) is 2. The molecular weight excluding hydrogens is 192 g/mol. The van der Waals surface area contributed by atoms with E-state index < -0.39 is 0 Å². The molecule has 0 saturated carbocycles. The van der Waals surface area contributed by atoms with Gasteiger partial charge in [0, 0.05) is 39.3 Å². The smallest absolute Gasteiger partial charge is 0.0594 e. The highest BCUT2D eigenvalue weighted by Gasteiger charge is 2.09. The first-order chi connectivity index (χ1) is 7.36. The lowest BCUT2D eigenvalue weighted by Crippen LogP contribution is -2.41. The third-order valence-corrected chi connectivity index (χ3v) is 2.98. The number of ether oxygens (including phenoxy) is 1. The summed E-state index contributed by atoms with van der Waals surface area (Å²) >= 11 is 0. The van der Waals surface area contributed by atoms with Crippen LogP contribution in [0.15, 0.2) is 0 Å². The van der Waals surface area contributed by atoms with Crippen molar-refractivity contribution in [3.8, 4) is 0 Å². The standard InChI is InChI=1S/C11H24N2O2/c1-2-11(10-14)9-12-3-4-13-5-7-15-8-6-13/h11-12,14H,2-10H2,1H3. The van der Waals surface area contributed by atoms with Crippen molar-refractivity contribution in [2.24, 2.45) is 5.92 Å². The Hall–Kier alpha value is -0.160. The minimum Gasteiger partial charge on any atom is -0.396 e. The number of aliphatic hydroxyl groups is 1. The Labute approximate surface area is 92.6 Å². The minimum atomic E-state index is 0.293. The third-order valence-electron chi connectivity index (χ3n) is 2.98. The van der Waals surface area contributed by atoms with Crippen molar-refractivity contribution in [3.05, 3.63) is 0 Å². The van der Waals surface area contributed by atoms with Gasteiger partial charge < -0.3 is 15.2 Å². The van der Waals surface area contributed by atoms with Gasteiger partial charge in [-0.1, -0.05) is 6.92 Å². The van der Waals surface area contributed by atoms with Crippen LogP contribution in [0.25, 0.3) is 0 Å². The quantitative estimate of drug-likeness (QED) is 0.585. The van der Waals surface area contributed by atoms with Crippen LogP contribution in [-0.4, -0.2) is 62.6 Å². The monoisotopic (exact) mass is 216 g/mol. The van der Waals surface area contributed by atoms with Crippen LogP contribution in [0.2, 0.25) is 0 Å². The first-order valence-electron chi connectivity index (χ1n) is 5.98. The van der Waals surface area contributed by atoms with E-state index in [1.165, 1.54) is 0 Å². The molecule has 0 spiro atoms. The average molecular weight is 216 g/mol. The van der Waals surface area contributed by atoms with Crippen molar-refractivity contribution >= 4 is 0 Å². The van der Waals surface area contributed by atoms with Crippen molar-refractivity contribution in [1.82, 2.24) is 10.2 Å². The Morgan fingerprint density at radius 3 is 2.73 bits per heavy atom. The molecule has 1 heterocycles. The molecule has 4 heteroatoms. The number of nitrogens with one attached hydrogen (secondary N) is 1. The van der Waals surface area contributed by atoms with Crippen molar-refractivity contribution in [3.63, 3.8) is 0 Å². The molecule has 1 aliphatic heterocycles. The first-order valence-corrected chi connectivity index (χ1v) is 5.98. The molecule has 0 amide bonds. The zero-order valence-corrected chi connectivity index (χ0v) is 9.74. The predicted octanol–water partition coefficient (Wildman–Crippen LogP) is -0.0733. The van der Waals surface area contributed by atoms with Gasteiger partial charge in [-0.15, -0.1) is 0 Å². The summed E-state index contributed by atoms with van der Waals surface area (Å²) in [4.78, 5) is 2.41. The van der Waals surface area contributed by atoms with Gasteiger partial charge in [-0.3, -0.25) is 4.90 Å². The molecule has 90 valence electrons. The fourth-order valence-electron chi connectivity index (χ4n) is 1.71. The molecule has 4 nitrogen and oxygen atoms in total. The lowest BCUT2D eigenvalue weighted by Gasteiger charge is -2.26. The van der Waals surface area contributed by atoms with Crippen LogP contribution in [0.4, 0.5) is 0 Å². The predicted molar refractivity (Wildman–Crippen MR) is 61.0 cm³/mol. The van der Waals surface area contributed by atoms with Gasteiger partial charge in [0.1, 0.15) is 0 Å². The maximum Gasteiger partial charge on any atom is 0.0594 e. The molecule has 1 aliphatic rings. The molecule has 1 rings (SSSR count). The highest BCUT2D eigenvalue weighted by Crippen LogP contribution is 1.98. The highest BCUT2D eigenvalue weighted by molar-refractivity contribution is 4.64. The largest absolute Gasteiger partial charge is 0.396 e. The van der Waals surface area contributed by atoms with E-state index in [1.54, 1.807) is 0 Å². The topological polar surface area (TPSA) is 44.7 Å². The maximum atomic E-state index is 9.01. The Balaban J connectivity index is 1.95. The van der Waals surface area contributed by atoms with E-state index in [2.05, 4.69) is 17.1 Å². The Morgan fingerprint density at radius 1 is 1.40 bits per heavy atom. The second-order valence-electron chi connectivity index (χ2n) is 4.11. The van der Waals surface area contributed by atoms with Crippen molar-refractivity contribution in [2.45, 2.75) is 13.3 Å². The van der Waals surface area contributed by atoms with E-state index in [0.29, 0.717) is 12.5 Å². The zero-order valence-electron chi connectivity index (χ0n) is 9.74. The van der Waals surface area contributed by atoms with Gasteiger partial charge in [0.05, 0.1) is 13.2 Å². The van der Waals surface area contributed by atoms with Gasteiger partial charge in [0.2, 0.25) is 0 Å². The van der Waals surface area contributed by atoms with Crippen LogP contribution in [0.1, 0.15) is 13.3 Å². The van der Waals surface area contributed by atoms with Gasteiger partial charge >= 0.3 is 0 Å². The van der Waals surface area contributed by atoms with Crippen LogP contribution in [-0.2, 0) is 4.74 Å². The molecule has 0 aliphatic carbocycles. The molecule has 1 fully saturated rings. The molecule has 0 aromatic carbocycles. The lowest BCUT2D eigenvalue weighted by molar-refractivity contribution is 0.0382. The molecule has 0 bridgehead atoms. The van der Waals surface area contributed by atoms with Crippen LogP contribution >= 0.6 is 0 Å². The highest BCUT2D eigenvalue weighted by atomic mass is 16.5. The van der Waals surface area contributed by atoms with Crippen molar-refractivity contribution < 1.29 is 9.84 Å². The molecular formula is C11H24N2O2. The van der Waals surface area contributed by atoms with Crippen LogP contribution in [0, 0.1) is 5.92 Å². The summed E-state index contributed by atoms with van der Waals surface area (Å²) in [7, 11) is 0. The lowest BCUT2D eigenvalue weighted by atomic mass is 10.1. The molecule has 1 saturated heterocycles. The third kappa shape index (κ3) is 5.47. The number of aliphatic hydroxyl groups excluding tert-OH is 1. The summed E-state index contributed by atoms with van der Waals surface area (Å²) in [5.74, 6) is 0.412. The summed E-state index contributed by atoms with van der Waals surface area (Å²) < 4.78 is 5.28. The number of rotatable bonds is 7. The van der Waals surface area contributed by atoms with Gasteiger partial charge in [-0.25, -0.2) is 0 Å². The van der Waals surface area contributed by atoms with E-state index in [-0.39, 0.29) is 0 Å². The molecule has 1 atom stereocenters. The molecule has 0 radical (unpaired) electrons. The van der Waals surface area contributed by atoms with Crippen molar-refractivity contribution in [1.29, 1.82) is 0 Å². The number of morpholine rings is 1. The van der Waals surface area contributed by atoms with E-state index >= 15 is 0 Å². The molecule has 1 unspecified atom stereocenters. The Morgan fingerprint density at radius 2 is 2.13 bits per heavy atom. The average Bonchev–Trinajstić information content (AvgIpc) is 2.31. The SMILES string of the molecule is CCC(CO)CNCCN1CCOCC1. The summed E-state index contributed by atoms with van der Waals surface area (Å²) in [6.07, 6.45) is 1.04. The van der Waals surface area contributed by atoms with Gasteiger partial charge in [0.25, 0.3) is 0 Å². The fraction of sp³-hybridized carbons (Fsp3) is 1.00. The van der Waals surface area contributed by atoms with Crippen LogP contribution in [0.5, 0.6) is 0 Å². The van der Waals surface area contributed by atoms with E-state index in [1.807, 2.05) is 0 Å². The number of nitrogens with zero attached hydrogens (tertiary/aromatic N) is 1. The second kappa shape index (κ2) is 8.05. The van der Waals surface area contributed by atoms with E-state index in [9.17, 15) is 0 Å². The first kappa shape index (κ1) is 12.9.